The molecule has 0 aliphatic carbocycles. The van der Waals surface area contributed by atoms with Crippen LogP contribution in [0, 0.1) is 0 Å². The molecular weight excluding hydrogens is 239 g/mol. The number of hydrogen-bond donors (Lipinski definition) is 0. The Morgan fingerprint density at radius 2 is 1.00 bits per heavy atom. The zero-order valence-corrected chi connectivity index (χ0v) is 6.26. The summed E-state index contributed by atoms with van der Waals surface area (Å²) >= 11 is 0. The molecule has 29 valence electrons. The Balaban J connectivity index is 0. The Hall–Kier alpha value is 2.82. The van der Waals surface area contributed by atoms with Crippen molar-refractivity contribution >= 4 is 27.5 Å². The molecule has 0 aliphatic heterocycles. The van der Waals surface area contributed by atoms with Crippen LogP contribution < -0.4 is 0 Å². The Kier molecular flexibility index (Phi) is 266. The number of hydrogen-bond acceptors (Lipinski definition) is 0. The van der Waals surface area contributed by atoms with Gasteiger partial charge in [0.25, 0.3) is 0 Å². The van der Waals surface area contributed by atoms with Crippen molar-refractivity contribution in [2.45, 2.75) is 0 Å². The first-order chi connectivity index (χ1) is 0. The Labute approximate surface area is 91.1 Å². The Morgan fingerprint density at radius 1 is 1.00 bits per heavy atom. The van der Waals surface area contributed by atoms with E-state index in [9.17, 15) is 0 Å². The Bertz CT molecular complexity index is 11.6. The van der Waals surface area contributed by atoms with E-state index in [1.165, 1.54) is 0 Å². The van der Waals surface area contributed by atoms with Crippen molar-refractivity contribution < 1.29 is 65.0 Å². The molecule has 0 nitrogen and oxygen atoms in total. The summed E-state index contributed by atoms with van der Waals surface area (Å²) in [6.45, 7) is 0. The summed E-state index contributed by atoms with van der Waals surface area (Å²) < 4.78 is 0. The van der Waals surface area contributed by atoms with E-state index in [2.05, 4.69) is 0 Å². The van der Waals surface area contributed by atoms with Crippen LogP contribution in [0.25, 0.3) is 0 Å². The minimum absolute atomic E-state index is 0. The maximum Gasteiger partial charge on any atom is 0 e. The normalized spacial score (nSPS) is 0. The molecule has 0 saturated carbocycles. The van der Waals surface area contributed by atoms with Crippen LogP contribution in [0.3, 0.4) is 0 Å². The molecule has 0 aromatic heterocycles. The minimum Gasteiger partial charge on any atom is 0 e. The third-order valence-electron chi connectivity index (χ3n) is 0. The van der Waals surface area contributed by atoms with Gasteiger partial charge in [-0.05, 0) is 0 Å². The summed E-state index contributed by atoms with van der Waals surface area (Å²) in [6.07, 6.45) is 0. The molecule has 0 fully saturated rings. The quantitative estimate of drug-likeness (QED) is 0.428. The van der Waals surface area contributed by atoms with Gasteiger partial charge >= 0.3 is 10.1 Å². The minimum atomic E-state index is 0. The first kappa shape index (κ1) is 45.8. The maximum atomic E-state index is 0. The smallest absolute Gasteiger partial charge is 0 e. The second-order valence-corrected chi connectivity index (χ2v) is 0. The van der Waals surface area contributed by atoms with Crippen LogP contribution >= 0.6 is 0 Å². The Morgan fingerprint density at radius 3 is 1.00 bits per heavy atom. The largest absolute Gasteiger partial charge is 0 e. The van der Waals surface area contributed by atoms with E-state index >= 15 is 0 Å². The third kappa shape index (κ3) is 19.9. The summed E-state index contributed by atoms with van der Waals surface area (Å²) in [5.74, 6) is 0. The van der Waals surface area contributed by atoms with Crippen LogP contribution in [0.15, 0.2) is 0 Å². The topological polar surface area (TPSA) is 0 Å². The first-order valence-corrected chi connectivity index (χ1v) is 0. The van der Waals surface area contributed by atoms with Crippen LogP contribution in [0.1, 0.15) is 0 Å². The molecule has 0 saturated heterocycles. The van der Waals surface area contributed by atoms with Gasteiger partial charge in [-0.2, -0.15) is 0 Å². The van der Waals surface area contributed by atoms with Gasteiger partial charge in [0.1, 0.15) is 0 Å². The molecule has 0 atom stereocenters. The fraction of sp³-hybridized carbons (Fsp3) is 0. The van der Waals surface area contributed by atoms with Crippen molar-refractivity contribution in [3.63, 3.8) is 0 Å². The predicted molar refractivity (Wildman–Crippen MR) is 18.5 cm³/mol. The summed E-state index contributed by atoms with van der Waals surface area (Å²) in [5.41, 5.74) is 0. The molecule has 0 unspecified atom stereocenters. The summed E-state index contributed by atoms with van der Waals surface area (Å²) in [5, 5.41) is 0. The van der Waals surface area contributed by atoms with Gasteiger partial charge in [0.15, 0.2) is 17.4 Å². The predicted octanol–water partition coefficient (Wildman–Crippen LogP) is -2.11. The van der Waals surface area contributed by atoms with Crippen molar-refractivity contribution in [1.82, 2.24) is 0 Å². The monoisotopic (exact) mass is 242 g/mol. The second-order valence-electron chi connectivity index (χ2n) is 0. The molecule has 0 spiro atoms. The summed E-state index contributed by atoms with van der Waals surface area (Å²) in [4.78, 5) is 0. The van der Waals surface area contributed by atoms with Gasteiger partial charge in [0.2, 0.25) is 0 Å². The maximum absolute atomic E-state index is 0. The average molecular weight is 244 g/mol. The number of rotatable bonds is 0. The van der Waals surface area contributed by atoms with Gasteiger partial charge in [0, 0.05) is 65.0 Å². The molecule has 0 heterocycles. The molecule has 1 radical (unpaired) electrons. The van der Waals surface area contributed by atoms with Crippen LogP contribution in [0.2, 0.25) is 0 Å². The molecule has 0 aromatic rings. The van der Waals surface area contributed by atoms with Crippen LogP contribution in [-0.4, -0.2) is 27.5 Å². The van der Waals surface area contributed by atoms with Gasteiger partial charge in [-0.25, -0.2) is 0 Å². The first-order valence-electron chi connectivity index (χ1n) is 0. The van der Waals surface area contributed by atoms with E-state index in [4.69, 9.17) is 0 Å². The average Bonchev–Trinajstić information content (AvgIpc) is 0. The standard InChI is InChI=1S/Al.Be.Cu.Ti.Zr.5H. The molecule has 5 heteroatoms. The van der Waals surface area contributed by atoms with Crippen molar-refractivity contribution in [3.05, 3.63) is 0 Å². The van der Waals surface area contributed by atoms with Crippen molar-refractivity contribution in [2.24, 2.45) is 0 Å². The molecule has 0 bridgehead atoms. The van der Waals surface area contributed by atoms with Crippen molar-refractivity contribution in [2.75, 3.05) is 0 Å². The molecule has 5 heavy (non-hydrogen) atoms. The molecule has 0 rings (SSSR count). The summed E-state index contributed by atoms with van der Waals surface area (Å²) in [7, 11) is 0. The molecule has 0 aromatic carbocycles. The zero-order chi connectivity index (χ0) is 0. The second kappa shape index (κ2) is 29.1. The van der Waals surface area contributed by atoms with E-state index in [-0.39, 0.29) is 92.5 Å². The van der Waals surface area contributed by atoms with Gasteiger partial charge in [-0.15, -0.1) is 0 Å². The van der Waals surface area contributed by atoms with E-state index in [0.717, 1.165) is 0 Å². The van der Waals surface area contributed by atoms with Crippen LogP contribution in [0.4, 0.5) is 0 Å². The van der Waals surface area contributed by atoms with Gasteiger partial charge in [-0.3, -0.25) is 0 Å². The SMILES string of the molecule is [AlH3].[BeH2].[Cu].[Ti].[Zr]. The van der Waals surface area contributed by atoms with E-state index in [1.807, 2.05) is 0 Å². The molecule has 0 aliphatic rings. The zero-order valence-electron chi connectivity index (χ0n) is 1.30. The van der Waals surface area contributed by atoms with Crippen molar-refractivity contribution in [3.8, 4) is 0 Å². The van der Waals surface area contributed by atoms with Crippen molar-refractivity contribution in [1.29, 1.82) is 0 Å². The van der Waals surface area contributed by atoms with E-state index in [1.54, 1.807) is 0 Å². The van der Waals surface area contributed by atoms with Gasteiger partial charge in [-0.1, -0.05) is 0 Å². The third-order valence-corrected chi connectivity index (χ3v) is 0. The van der Waals surface area contributed by atoms with Gasteiger partial charge in [0.05, 0.1) is 0 Å². The fourth-order valence-electron chi connectivity index (χ4n) is 0. The van der Waals surface area contributed by atoms with Crippen LogP contribution in [-0.2, 0) is 65.0 Å². The van der Waals surface area contributed by atoms with Crippen LogP contribution in [0.5, 0.6) is 0 Å². The fourth-order valence-corrected chi connectivity index (χ4v) is 0. The molecule has 0 amide bonds. The van der Waals surface area contributed by atoms with E-state index < -0.39 is 0 Å². The molecular formula is H5AlBeCuTiZr. The van der Waals surface area contributed by atoms with Gasteiger partial charge < -0.3 is 0 Å². The molecule has 0 N–H and O–H groups in total. The summed E-state index contributed by atoms with van der Waals surface area (Å²) in [6, 6.07) is 0. The van der Waals surface area contributed by atoms with E-state index in [0.29, 0.717) is 0 Å².